The van der Waals surface area contributed by atoms with Crippen LogP contribution in [0.1, 0.15) is 31.1 Å². The number of aromatic nitrogens is 5. The highest BCUT2D eigenvalue weighted by molar-refractivity contribution is 5.17. The van der Waals surface area contributed by atoms with Crippen molar-refractivity contribution < 1.29 is 4.74 Å². The average molecular weight is 286 g/mol. The zero-order valence-electron chi connectivity index (χ0n) is 11.8. The molecule has 2 aliphatic rings. The molecule has 110 valence electrons. The highest BCUT2D eigenvalue weighted by Gasteiger charge is 2.30. The van der Waals surface area contributed by atoms with Gasteiger partial charge in [-0.05, 0) is 41.8 Å². The van der Waals surface area contributed by atoms with Crippen LogP contribution in [0.3, 0.4) is 0 Å². The summed E-state index contributed by atoms with van der Waals surface area (Å²) in [4.78, 5) is 6.36. The van der Waals surface area contributed by atoms with Gasteiger partial charge >= 0.3 is 0 Å². The molecule has 1 aliphatic carbocycles. The third kappa shape index (κ3) is 2.87. The summed E-state index contributed by atoms with van der Waals surface area (Å²) >= 11 is 0. The topological polar surface area (TPSA) is 69.0 Å². The van der Waals surface area contributed by atoms with Gasteiger partial charge in [-0.3, -0.25) is 9.88 Å². The second kappa shape index (κ2) is 5.40. The second-order valence-electron chi connectivity index (χ2n) is 5.72. The minimum absolute atomic E-state index is 0.234. The van der Waals surface area contributed by atoms with Gasteiger partial charge in [0.25, 0.3) is 0 Å². The summed E-state index contributed by atoms with van der Waals surface area (Å²) in [5.74, 6) is 1.86. The Morgan fingerprint density at radius 2 is 2.05 bits per heavy atom. The quantitative estimate of drug-likeness (QED) is 0.818. The van der Waals surface area contributed by atoms with E-state index in [9.17, 15) is 0 Å². The molecule has 21 heavy (non-hydrogen) atoms. The molecule has 1 saturated carbocycles. The minimum Gasteiger partial charge on any atom is -0.489 e. The fourth-order valence-electron chi connectivity index (χ4n) is 2.77. The van der Waals surface area contributed by atoms with Crippen molar-refractivity contribution in [1.82, 2.24) is 30.1 Å². The predicted molar refractivity (Wildman–Crippen MR) is 74.6 cm³/mol. The van der Waals surface area contributed by atoms with Crippen LogP contribution in [0.15, 0.2) is 24.5 Å². The Morgan fingerprint density at radius 3 is 2.86 bits per heavy atom. The summed E-state index contributed by atoms with van der Waals surface area (Å²) < 4.78 is 7.96. The van der Waals surface area contributed by atoms with Gasteiger partial charge in [0, 0.05) is 25.5 Å². The molecule has 0 bridgehead atoms. The Balaban J connectivity index is 1.35. The molecule has 4 rings (SSSR count). The van der Waals surface area contributed by atoms with Gasteiger partial charge in [-0.2, -0.15) is 0 Å². The summed E-state index contributed by atoms with van der Waals surface area (Å²) in [6.07, 6.45) is 7.18. The lowest BCUT2D eigenvalue weighted by Gasteiger charge is -2.16. The Bertz CT molecular complexity index is 597. The standard InChI is InChI=1S/C14H18N6O/c1-2-11(1)20-14(16-17-18-20)10-19-8-5-13(9-19)21-12-3-6-15-7-4-12/h3-4,6-7,11,13H,1-2,5,8-10H2. The van der Waals surface area contributed by atoms with E-state index in [0.717, 1.165) is 37.6 Å². The summed E-state index contributed by atoms with van der Waals surface area (Å²) in [6, 6.07) is 4.33. The maximum atomic E-state index is 5.97. The molecular formula is C14H18N6O. The molecule has 0 amide bonds. The third-order valence-corrected chi connectivity index (χ3v) is 4.00. The van der Waals surface area contributed by atoms with Gasteiger partial charge in [-0.1, -0.05) is 0 Å². The highest BCUT2D eigenvalue weighted by Crippen LogP contribution is 2.34. The molecule has 2 aromatic heterocycles. The van der Waals surface area contributed by atoms with E-state index in [2.05, 4.69) is 25.4 Å². The monoisotopic (exact) mass is 286 g/mol. The zero-order chi connectivity index (χ0) is 14.1. The van der Waals surface area contributed by atoms with Crippen LogP contribution in [-0.2, 0) is 6.54 Å². The van der Waals surface area contributed by atoms with E-state index in [-0.39, 0.29) is 6.10 Å². The van der Waals surface area contributed by atoms with Gasteiger partial charge in [0.2, 0.25) is 0 Å². The van der Waals surface area contributed by atoms with E-state index < -0.39 is 0 Å². The Labute approximate surface area is 122 Å². The molecule has 7 heteroatoms. The Hall–Kier alpha value is -2.02. The van der Waals surface area contributed by atoms with Crippen LogP contribution in [0.25, 0.3) is 0 Å². The largest absolute Gasteiger partial charge is 0.489 e. The smallest absolute Gasteiger partial charge is 0.165 e. The van der Waals surface area contributed by atoms with Gasteiger partial charge < -0.3 is 4.74 Å². The molecule has 2 aromatic rings. The van der Waals surface area contributed by atoms with Gasteiger partial charge in [0.1, 0.15) is 11.9 Å². The molecule has 0 aromatic carbocycles. The summed E-state index contributed by atoms with van der Waals surface area (Å²) in [5, 5.41) is 12.1. The number of nitrogens with zero attached hydrogens (tertiary/aromatic N) is 6. The van der Waals surface area contributed by atoms with Crippen molar-refractivity contribution in [2.24, 2.45) is 0 Å². The molecule has 1 aliphatic heterocycles. The minimum atomic E-state index is 0.234. The zero-order valence-corrected chi connectivity index (χ0v) is 11.8. The van der Waals surface area contributed by atoms with Crippen molar-refractivity contribution in [2.75, 3.05) is 13.1 Å². The molecule has 1 saturated heterocycles. The molecule has 0 spiro atoms. The molecule has 1 atom stereocenters. The number of rotatable bonds is 5. The number of ether oxygens (including phenoxy) is 1. The van der Waals surface area contributed by atoms with Crippen molar-refractivity contribution in [2.45, 2.75) is 38.0 Å². The number of tetrazole rings is 1. The number of likely N-dealkylation sites (tertiary alicyclic amines) is 1. The fraction of sp³-hybridized carbons (Fsp3) is 0.571. The van der Waals surface area contributed by atoms with Crippen molar-refractivity contribution in [3.05, 3.63) is 30.4 Å². The SMILES string of the molecule is c1cc(OC2CCN(Cc3nnnn3C3CC3)C2)ccn1. The first kappa shape index (κ1) is 12.7. The maximum absolute atomic E-state index is 5.97. The molecular weight excluding hydrogens is 268 g/mol. The highest BCUT2D eigenvalue weighted by atomic mass is 16.5. The third-order valence-electron chi connectivity index (χ3n) is 4.00. The van der Waals surface area contributed by atoms with Crippen molar-refractivity contribution in [1.29, 1.82) is 0 Å². The molecule has 3 heterocycles. The van der Waals surface area contributed by atoms with Crippen LogP contribution >= 0.6 is 0 Å². The van der Waals surface area contributed by atoms with E-state index in [1.54, 1.807) is 12.4 Å². The van der Waals surface area contributed by atoms with Crippen molar-refractivity contribution in [3.63, 3.8) is 0 Å². The van der Waals surface area contributed by atoms with E-state index in [1.807, 2.05) is 16.8 Å². The van der Waals surface area contributed by atoms with E-state index in [4.69, 9.17) is 4.74 Å². The van der Waals surface area contributed by atoms with Gasteiger partial charge in [0.15, 0.2) is 5.82 Å². The summed E-state index contributed by atoms with van der Waals surface area (Å²) in [6.45, 7) is 2.74. The Kier molecular flexibility index (Phi) is 3.27. The Morgan fingerprint density at radius 1 is 1.19 bits per heavy atom. The van der Waals surface area contributed by atoms with Crippen LogP contribution in [-0.4, -0.2) is 49.3 Å². The van der Waals surface area contributed by atoms with E-state index >= 15 is 0 Å². The van der Waals surface area contributed by atoms with Crippen LogP contribution in [0, 0.1) is 0 Å². The lowest BCUT2D eigenvalue weighted by atomic mass is 10.3. The summed E-state index contributed by atoms with van der Waals surface area (Å²) in [5.41, 5.74) is 0. The second-order valence-corrected chi connectivity index (χ2v) is 5.72. The van der Waals surface area contributed by atoms with Gasteiger partial charge in [0.05, 0.1) is 12.6 Å². The van der Waals surface area contributed by atoms with Crippen LogP contribution in [0.5, 0.6) is 5.75 Å². The number of hydrogen-bond donors (Lipinski definition) is 0. The molecule has 7 nitrogen and oxygen atoms in total. The summed E-state index contributed by atoms with van der Waals surface area (Å²) in [7, 11) is 0. The van der Waals surface area contributed by atoms with E-state index in [1.165, 1.54) is 12.8 Å². The van der Waals surface area contributed by atoms with Gasteiger partial charge in [-0.25, -0.2) is 4.68 Å². The molecule has 2 fully saturated rings. The normalized spacial score (nSPS) is 22.6. The van der Waals surface area contributed by atoms with Crippen LogP contribution in [0.2, 0.25) is 0 Å². The van der Waals surface area contributed by atoms with Crippen molar-refractivity contribution >= 4 is 0 Å². The lowest BCUT2D eigenvalue weighted by molar-refractivity contribution is 0.196. The number of pyridine rings is 1. The molecule has 0 N–H and O–H groups in total. The first-order valence-corrected chi connectivity index (χ1v) is 7.44. The van der Waals surface area contributed by atoms with Crippen LogP contribution < -0.4 is 4.74 Å². The van der Waals surface area contributed by atoms with Gasteiger partial charge in [-0.15, -0.1) is 5.10 Å². The predicted octanol–water partition coefficient (Wildman–Crippen LogP) is 1.06. The first-order chi connectivity index (χ1) is 10.4. The number of hydrogen-bond acceptors (Lipinski definition) is 6. The van der Waals surface area contributed by atoms with Crippen molar-refractivity contribution in [3.8, 4) is 5.75 Å². The fourth-order valence-corrected chi connectivity index (χ4v) is 2.77. The van der Waals surface area contributed by atoms with E-state index in [0.29, 0.717) is 6.04 Å². The lowest BCUT2D eigenvalue weighted by Crippen LogP contribution is -2.26. The van der Waals surface area contributed by atoms with Crippen LogP contribution in [0.4, 0.5) is 0 Å². The molecule has 1 unspecified atom stereocenters. The average Bonchev–Trinajstić information content (AvgIpc) is 3.09. The first-order valence-electron chi connectivity index (χ1n) is 7.44. The maximum Gasteiger partial charge on any atom is 0.165 e. The molecule has 0 radical (unpaired) electrons.